The average molecular weight is 199 g/mol. The van der Waals surface area contributed by atoms with E-state index < -0.39 is 6.10 Å². The van der Waals surface area contributed by atoms with E-state index in [4.69, 9.17) is 11.6 Å². The van der Waals surface area contributed by atoms with E-state index in [0.717, 1.165) is 12.8 Å². The molecule has 0 aromatic carbocycles. The molecule has 0 aliphatic heterocycles. The number of alkyl halides is 1. The minimum Gasteiger partial charge on any atom is -0.391 e. The van der Waals surface area contributed by atoms with Gasteiger partial charge in [0.2, 0.25) is 0 Å². The summed E-state index contributed by atoms with van der Waals surface area (Å²) in [6, 6.07) is 0. The van der Waals surface area contributed by atoms with Crippen LogP contribution in [0.5, 0.6) is 0 Å². The molecule has 0 fully saturated rings. The van der Waals surface area contributed by atoms with Crippen molar-refractivity contribution >= 4 is 11.6 Å². The Morgan fingerprint density at radius 3 is 2.92 bits per heavy atom. The van der Waals surface area contributed by atoms with Crippen molar-refractivity contribution in [2.75, 3.05) is 0 Å². The molecule has 0 aromatic rings. The van der Waals surface area contributed by atoms with E-state index in [1.807, 2.05) is 6.08 Å². The van der Waals surface area contributed by atoms with Gasteiger partial charge in [-0.3, -0.25) is 0 Å². The Labute approximate surface area is 84.4 Å². The second-order valence-electron chi connectivity index (χ2n) is 3.21. The average Bonchev–Trinajstić information content (AvgIpc) is 2.43. The predicted octanol–water partition coefficient (Wildman–Crippen LogP) is 2.66. The largest absolute Gasteiger partial charge is 0.391 e. The van der Waals surface area contributed by atoms with Crippen molar-refractivity contribution in [1.29, 1.82) is 0 Å². The highest BCUT2D eigenvalue weighted by Gasteiger charge is 2.21. The molecule has 0 spiro atoms. The summed E-state index contributed by atoms with van der Waals surface area (Å²) >= 11 is 5.88. The van der Waals surface area contributed by atoms with Crippen LogP contribution in [-0.2, 0) is 0 Å². The van der Waals surface area contributed by atoms with E-state index >= 15 is 0 Å². The van der Waals surface area contributed by atoms with Crippen LogP contribution in [-0.4, -0.2) is 16.6 Å². The smallest absolute Gasteiger partial charge is 0.0804 e. The minimum absolute atomic E-state index is 0.124. The number of hydrogen-bond acceptors (Lipinski definition) is 1. The molecular weight excluding hydrogens is 184 g/mol. The summed E-state index contributed by atoms with van der Waals surface area (Å²) in [4.78, 5) is 0. The van der Waals surface area contributed by atoms with Crippen molar-refractivity contribution in [1.82, 2.24) is 0 Å². The number of rotatable bonds is 3. The Hall–Kier alpha value is -0.530. The van der Waals surface area contributed by atoms with Crippen molar-refractivity contribution in [2.45, 2.75) is 24.3 Å². The van der Waals surface area contributed by atoms with Crippen LogP contribution in [0.4, 0.5) is 0 Å². The van der Waals surface area contributed by atoms with Crippen LogP contribution in [0.2, 0.25) is 0 Å². The number of halogens is 1. The molecule has 1 aliphatic rings. The Morgan fingerprint density at radius 2 is 2.23 bits per heavy atom. The van der Waals surface area contributed by atoms with Gasteiger partial charge in [0, 0.05) is 5.92 Å². The zero-order valence-corrected chi connectivity index (χ0v) is 8.32. The van der Waals surface area contributed by atoms with E-state index in [1.165, 1.54) is 0 Å². The number of hydrogen-bond donors (Lipinski definition) is 1. The normalized spacial score (nSPS) is 26.5. The molecule has 0 radical (unpaired) electrons. The Kier molecular flexibility index (Phi) is 4.26. The molecule has 0 saturated heterocycles. The van der Waals surface area contributed by atoms with Gasteiger partial charge in [-0.05, 0) is 12.8 Å². The summed E-state index contributed by atoms with van der Waals surface area (Å²) in [5.74, 6) is 0.124. The van der Waals surface area contributed by atoms with Gasteiger partial charge in [0.15, 0.2) is 0 Å². The summed E-state index contributed by atoms with van der Waals surface area (Å²) in [5, 5.41) is 9.42. The highest BCUT2D eigenvalue weighted by molar-refractivity contribution is 6.22. The van der Waals surface area contributed by atoms with Crippen LogP contribution in [0, 0.1) is 5.92 Å². The summed E-state index contributed by atoms with van der Waals surface area (Å²) in [5.41, 5.74) is 0. The molecule has 0 amide bonds. The standard InChI is InChI=1S/C11H15ClO/c1-2-10(12)11(13)9-7-5-3-4-6-8-9/h2-3,5-6,8-11,13H,1,4,7H2/t9?,10-,11-/m0/s1. The number of aliphatic hydroxyl groups is 1. The molecular formula is C11H15ClO. The molecule has 0 heterocycles. The zero-order valence-electron chi connectivity index (χ0n) is 7.57. The molecule has 1 unspecified atom stereocenters. The molecule has 1 aliphatic carbocycles. The second-order valence-corrected chi connectivity index (χ2v) is 3.71. The monoisotopic (exact) mass is 198 g/mol. The van der Waals surface area contributed by atoms with Crippen molar-refractivity contribution < 1.29 is 5.11 Å². The van der Waals surface area contributed by atoms with Gasteiger partial charge in [-0.15, -0.1) is 18.2 Å². The Balaban J connectivity index is 2.58. The molecule has 13 heavy (non-hydrogen) atoms. The fraction of sp³-hybridized carbons (Fsp3) is 0.455. The quantitative estimate of drug-likeness (QED) is 0.546. The van der Waals surface area contributed by atoms with E-state index in [1.54, 1.807) is 6.08 Å². The molecule has 3 atom stereocenters. The summed E-state index contributed by atoms with van der Waals surface area (Å²) in [6.07, 6.45) is 11.1. The first kappa shape index (κ1) is 10.6. The summed E-state index contributed by atoms with van der Waals surface area (Å²) in [7, 11) is 0. The molecule has 1 rings (SSSR count). The third kappa shape index (κ3) is 3.02. The van der Waals surface area contributed by atoms with Gasteiger partial charge in [-0.1, -0.05) is 30.4 Å². The first-order chi connectivity index (χ1) is 6.25. The first-order valence-electron chi connectivity index (χ1n) is 4.52. The third-order valence-electron chi connectivity index (χ3n) is 2.22. The fourth-order valence-electron chi connectivity index (χ4n) is 1.39. The number of aliphatic hydroxyl groups excluding tert-OH is 1. The van der Waals surface area contributed by atoms with Gasteiger partial charge < -0.3 is 5.11 Å². The Morgan fingerprint density at radius 1 is 1.46 bits per heavy atom. The van der Waals surface area contributed by atoms with Crippen LogP contribution < -0.4 is 0 Å². The number of allylic oxidation sites excluding steroid dienone is 3. The van der Waals surface area contributed by atoms with E-state index in [-0.39, 0.29) is 11.3 Å². The van der Waals surface area contributed by atoms with Crippen LogP contribution in [0.25, 0.3) is 0 Å². The topological polar surface area (TPSA) is 20.2 Å². The maximum absolute atomic E-state index is 9.78. The lowest BCUT2D eigenvalue weighted by atomic mass is 9.96. The molecule has 72 valence electrons. The molecule has 1 nitrogen and oxygen atoms in total. The highest BCUT2D eigenvalue weighted by atomic mass is 35.5. The maximum Gasteiger partial charge on any atom is 0.0804 e. The van der Waals surface area contributed by atoms with Crippen molar-refractivity contribution in [3.8, 4) is 0 Å². The summed E-state index contributed by atoms with van der Waals surface area (Å²) < 4.78 is 0. The Bertz CT molecular complexity index is 220. The van der Waals surface area contributed by atoms with Crippen molar-refractivity contribution in [3.63, 3.8) is 0 Å². The van der Waals surface area contributed by atoms with Crippen LogP contribution >= 0.6 is 11.6 Å². The minimum atomic E-state index is -0.529. The van der Waals surface area contributed by atoms with Crippen molar-refractivity contribution in [3.05, 3.63) is 37.0 Å². The second kappa shape index (κ2) is 5.25. The SMILES string of the molecule is C=C[C@H](Cl)[C@@H](O)C1C=CCC=CC1. The first-order valence-corrected chi connectivity index (χ1v) is 4.95. The zero-order chi connectivity index (χ0) is 9.68. The predicted molar refractivity (Wildman–Crippen MR) is 56.8 cm³/mol. The van der Waals surface area contributed by atoms with E-state index in [2.05, 4.69) is 24.8 Å². The van der Waals surface area contributed by atoms with Gasteiger partial charge in [-0.25, -0.2) is 0 Å². The third-order valence-corrected chi connectivity index (χ3v) is 2.66. The summed E-state index contributed by atoms with van der Waals surface area (Å²) in [6.45, 7) is 3.57. The fourth-order valence-corrected chi connectivity index (χ4v) is 1.58. The van der Waals surface area contributed by atoms with E-state index in [0.29, 0.717) is 0 Å². The molecule has 1 N–H and O–H groups in total. The lowest BCUT2D eigenvalue weighted by Gasteiger charge is -2.20. The molecule has 0 aromatic heterocycles. The molecule has 0 saturated carbocycles. The molecule has 0 bridgehead atoms. The van der Waals surface area contributed by atoms with Gasteiger partial charge in [-0.2, -0.15) is 0 Å². The van der Waals surface area contributed by atoms with Gasteiger partial charge in [0.1, 0.15) is 0 Å². The van der Waals surface area contributed by atoms with Gasteiger partial charge in [0.25, 0.3) is 0 Å². The van der Waals surface area contributed by atoms with Gasteiger partial charge >= 0.3 is 0 Å². The van der Waals surface area contributed by atoms with Crippen LogP contribution in [0.15, 0.2) is 37.0 Å². The van der Waals surface area contributed by atoms with Crippen LogP contribution in [0.1, 0.15) is 12.8 Å². The van der Waals surface area contributed by atoms with E-state index in [9.17, 15) is 5.11 Å². The van der Waals surface area contributed by atoms with Crippen LogP contribution in [0.3, 0.4) is 0 Å². The maximum atomic E-state index is 9.78. The highest BCUT2D eigenvalue weighted by Crippen LogP contribution is 2.21. The lowest BCUT2D eigenvalue weighted by molar-refractivity contribution is 0.137. The lowest BCUT2D eigenvalue weighted by Crippen LogP contribution is -2.26. The van der Waals surface area contributed by atoms with Gasteiger partial charge in [0.05, 0.1) is 11.5 Å². The molecule has 2 heteroatoms. The van der Waals surface area contributed by atoms with Crippen molar-refractivity contribution in [2.24, 2.45) is 5.92 Å².